The van der Waals surface area contributed by atoms with Crippen molar-refractivity contribution in [3.05, 3.63) is 24.3 Å². The molecular formula is C12H20N2O3. The molecule has 0 aromatic heterocycles. The van der Waals surface area contributed by atoms with Crippen LogP contribution in [0.3, 0.4) is 0 Å². The minimum Gasteiger partial charge on any atom is -0.389 e. The predicted molar refractivity (Wildman–Crippen MR) is 65.9 cm³/mol. The SMILES string of the molecule is C/C=C/C=C/C(=O)OC(=O)[C@@H](N)CCCCN. The van der Waals surface area contributed by atoms with E-state index in [9.17, 15) is 9.59 Å². The van der Waals surface area contributed by atoms with Gasteiger partial charge in [-0.25, -0.2) is 9.59 Å². The number of allylic oxidation sites excluding steroid dienone is 3. The Morgan fingerprint density at radius 1 is 1.29 bits per heavy atom. The van der Waals surface area contributed by atoms with Crippen molar-refractivity contribution in [2.24, 2.45) is 11.5 Å². The van der Waals surface area contributed by atoms with Crippen LogP contribution in [-0.4, -0.2) is 24.5 Å². The van der Waals surface area contributed by atoms with E-state index in [1.54, 1.807) is 12.2 Å². The standard InChI is InChI=1S/C12H20N2O3/c1-2-3-4-8-11(15)17-12(16)10(14)7-5-6-9-13/h2-4,8,10H,5-7,9,13-14H2,1H3/b3-2+,8-4+/t10-/m0/s1. The lowest BCUT2D eigenvalue weighted by Crippen LogP contribution is -2.33. The van der Waals surface area contributed by atoms with Crippen LogP contribution in [0.15, 0.2) is 24.3 Å². The first-order chi connectivity index (χ1) is 8.11. The number of nitrogens with two attached hydrogens (primary N) is 2. The van der Waals surface area contributed by atoms with Gasteiger partial charge in [0.1, 0.15) is 6.04 Å². The van der Waals surface area contributed by atoms with Gasteiger partial charge in [-0.05, 0) is 26.3 Å². The highest BCUT2D eigenvalue weighted by Crippen LogP contribution is 2.00. The lowest BCUT2D eigenvalue weighted by Gasteiger charge is -2.08. The quantitative estimate of drug-likeness (QED) is 0.224. The molecule has 0 aliphatic carbocycles. The monoisotopic (exact) mass is 240 g/mol. The van der Waals surface area contributed by atoms with Crippen LogP contribution >= 0.6 is 0 Å². The molecule has 0 aromatic rings. The van der Waals surface area contributed by atoms with E-state index in [4.69, 9.17) is 11.5 Å². The highest BCUT2D eigenvalue weighted by Gasteiger charge is 2.16. The Bertz CT molecular complexity index is 298. The highest BCUT2D eigenvalue weighted by atomic mass is 16.6. The Labute approximate surface area is 101 Å². The molecule has 0 aliphatic rings. The van der Waals surface area contributed by atoms with E-state index in [-0.39, 0.29) is 0 Å². The molecular weight excluding hydrogens is 220 g/mol. The Morgan fingerprint density at radius 3 is 2.59 bits per heavy atom. The lowest BCUT2D eigenvalue weighted by atomic mass is 10.1. The first-order valence-electron chi connectivity index (χ1n) is 5.62. The largest absolute Gasteiger partial charge is 0.389 e. The van der Waals surface area contributed by atoms with Gasteiger partial charge in [0.2, 0.25) is 0 Å². The molecule has 0 saturated heterocycles. The molecule has 5 nitrogen and oxygen atoms in total. The molecule has 4 N–H and O–H groups in total. The maximum Gasteiger partial charge on any atom is 0.338 e. The summed E-state index contributed by atoms with van der Waals surface area (Å²) in [5.41, 5.74) is 10.9. The Hall–Kier alpha value is -1.46. The molecule has 0 aliphatic heterocycles. The molecule has 0 heterocycles. The molecule has 96 valence electrons. The van der Waals surface area contributed by atoms with Gasteiger partial charge in [-0.15, -0.1) is 0 Å². The number of unbranched alkanes of at least 4 members (excludes halogenated alkanes) is 1. The molecule has 1 atom stereocenters. The Balaban J connectivity index is 3.94. The first kappa shape index (κ1) is 15.5. The summed E-state index contributed by atoms with van der Waals surface area (Å²) in [5, 5.41) is 0. The molecule has 0 amide bonds. The van der Waals surface area contributed by atoms with E-state index in [0.717, 1.165) is 12.8 Å². The second kappa shape index (κ2) is 9.74. The first-order valence-corrected chi connectivity index (χ1v) is 5.62. The zero-order chi connectivity index (χ0) is 13.1. The van der Waals surface area contributed by atoms with Crippen LogP contribution in [-0.2, 0) is 14.3 Å². The minimum absolute atomic E-state index is 0.474. The van der Waals surface area contributed by atoms with Crippen molar-refractivity contribution in [2.75, 3.05) is 6.54 Å². The third-order valence-electron chi connectivity index (χ3n) is 2.01. The third kappa shape index (κ3) is 8.36. The van der Waals surface area contributed by atoms with Gasteiger partial charge in [-0.2, -0.15) is 0 Å². The molecule has 0 spiro atoms. The predicted octanol–water partition coefficient (Wildman–Crippen LogP) is 0.645. The maximum atomic E-state index is 11.3. The molecule has 0 aromatic carbocycles. The van der Waals surface area contributed by atoms with Gasteiger partial charge >= 0.3 is 11.9 Å². The van der Waals surface area contributed by atoms with Crippen LogP contribution < -0.4 is 11.5 Å². The van der Waals surface area contributed by atoms with Gasteiger partial charge in [-0.3, -0.25) is 0 Å². The number of rotatable bonds is 7. The van der Waals surface area contributed by atoms with Crippen LogP contribution in [0.25, 0.3) is 0 Å². The number of carbonyl (C=O) groups is 2. The molecule has 0 unspecified atom stereocenters. The topological polar surface area (TPSA) is 95.4 Å². The van der Waals surface area contributed by atoms with Crippen LogP contribution in [0, 0.1) is 0 Å². The van der Waals surface area contributed by atoms with Crippen molar-refractivity contribution < 1.29 is 14.3 Å². The smallest absolute Gasteiger partial charge is 0.338 e. The van der Waals surface area contributed by atoms with E-state index < -0.39 is 18.0 Å². The summed E-state index contributed by atoms with van der Waals surface area (Å²) in [6.07, 6.45) is 8.10. The minimum atomic E-state index is -0.763. The van der Waals surface area contributed by atoms with Crippen molar-refractivity contribution in [3.8, 4) is 0 Å². The molecule has 5 heteroatoms. The average Bonchev–Trinajstić information content (AvgIpc) is 2.29. The molecule has 0 saturated carbocycles. The molecule has 17 heavy (non-hydrogen) atoms. The normalized spacial score (nSPS) is 13.1. The number of ether oxygens (including phenoxy) is 1. The van der Waals surface area contributed by atoms with E-state index in [0.29, 0.717) is 13.0 Å². The number of carbonyl (C=O) groups excluding carboxylic acids is 2. The summed E-state index contributed by atoms with van der Waals surface area (Å²) in [6, 6.07) is -0.763. The molecule has 0 bridgehead atoms. The fourth-order valence-electron chi connectivity index (χ4n) is 1.08. The third-order valence-corrected chi connectivity index (χ3v) is 2.01. The van der Waals surface area contributed by atoms with Gasteiger partial charge < -0.3 is 16.2 Å². The lowest BCUT2D eigenvalue weighted by molar-refractivity contribution is -0.157. The second-order valence-electron chi connectivity index (χ2n) is 3.52. The Morgan fingerprint density at radius 2 is 2.00 bits per heavy atom. The summed E-state index contributed by atoms with van der Waals surface area (Å²) in [7, 11) is 0. The Kier molecular flexibility index (Phi) is 8.91. The molecule has 0 rings (SSSR count). The average molecular weight is 240 g/mol. The van der Waals surface area contributed by atoms with Crippen molar-refractivity contribution in [1.29, 1.82) is 0 Å². The highest BCUT2D eigenvalue weighted by molar-refractivity contribution is 5.93. The van der Waals surface area contributed by atoms with Crippen LogP contribution in [0.5, 0.6) is 0 Å². The summed E-state index contributed by atoms with van der Waals surface area (Å²) in [6.45, 7) is 2.38. The zero-order valence-corrected chi connectivity index (χ0v) is 10.1. The number of esters is 2. The maximum absolute atomic E-state index is 11.3. The summed E-state index contributed by atoms with van der Waals surface area (Å²) >= 11 is 0. The van der Waals surface area contributed by atoms with Gasteiger partial charge in [0.25, 0.3) is 0 Å². The van der Waals surface area contributed by atoms with Gasteiger partial charge in [0.05, 0.1) is 0 Å². The van der Waals surface area contributed by atoms with Crippen LogP contribution in [0.2, 0.25) is 0 Å². The number of hydrogen-bond acceptors (Lipinski definition) is 5. The molecule has 0 radical (unpaired) electrons. The van der Waals surface area contributed by atoms with E-state index in [1.165, 1.54) is 12.2 Å². The van der Waals surface area contributed by atoms with Gasteiger partial charge in [0.15, 0.2) is 0 Å². The number of hydrogen-bond donors (Lipinski definition) is 2. The van der Waals surface area contributed by atoms with Crippen molar-refractivity contribution in [3.63, 3.8) is 0 Å². The van der Waals surface area contributed by atoms with Gasteiger partial charge in [-0.1, -0.05) is 24.6 Å². The van der Waals surface area contributed by atoms with E-state index in [1.807, 2.05) is 6.92 Å². The van der Waals surface area contributed by atoms with E-state index in [2.05, 4.69) is 4.74 Å². The summed E-state index contributed by atoms with van der Waals surface area (Å²) in [4.78, 5) is 22.5. The van der Waals surface area contributed by atoms with Crippen LogP contribution in [0.1, 0.15) is 26.2 Å². The molecule has 0 fully saturated rings. The fourth-order valence-corrected chi connectivity index (χ4v) is 1.08. The van der Waals surface area contributed by atoms with Crippen molar-refractivity contribution in [1.82, 2.24) is 0 Å². The zero-order valence-electron chi connectivity index (χ0n) is 10.1. The fraction of sp³-hybridized carbons (Fsp3) is 0.500. The van der Waals surface area contributed by atoms with E-state index >= 15 is 0 Å². The van der Waals surface area contributed by atoms with Gasteiger partial charge in [0, 0.05) is 6.08 Å². The summed E-state index contributed by atoms with van der Waals surface area (Å²) < 4.78 is 4.53. The van der Waals surface area contributed by atoms with Crippen molar-refractivity contribution >= 4 is 11.9 Å². The van der Waals surface area contributed by atoms with Crippen LogP contribution in [0.4, 0.5) is 0 Å². The van der Waals surface area contributed by atoms with Crippen molar-refractivity contribution in [2.45, 2.75) is 32.2 Å². The second-order valence-corrected chi connectivity index (χ2v) is 3.52. The summed E-state index contributed by atoms with van der Waals surface area (Å²) in [5.74, 6) is -1.40.